The predicted molar refractivity (Wildman–Crippen MR) is 73.8 cm³/mol. The summed E-state index contributed by atoms with van der Waals surface area (Å²) in [6.07, 6.45) is 7.47. The van der Waals surface area contributed by atoms with Crippen LogP contribution in [-0.2, 0) is 9.47 Å². The van der Waals surface area contributed by atoms with E-state index >= 15 is 0 Å². The minimum absolute atomic E-state index is 0.427. The third-order valence-corrected chi connectivity index (χ3v) is 4.82. The SMILES string of the molecule is COC(C)CC1CCN(CC2CC(OC)C2)CC1. The molecule has 106 valence electrons. The summed E-state index contributed by atoms with van der Waals surface area (Å²) in [7, 11) is 3.66. The first-order valence-corrected chi connectivity index (χ1v) is 7.49. The summed E-state index contributed by atoms with van der Waals surface area (Å²) in [6.45, 7) is 6.06. The quantitative estimate of drug-likeness (QED) is 0.728. The molecule has 3 heteroatoms. The highest BCUT2D eigenvalue weighted by Crippen LogP contribution is 2.31. The van der Waals surface area contributed by atoms with Crippen LogP contribution >= 0.6 is 0 Å². The maximum Gasteiger partial charge on any atom is 0.0577 e. The van der Waals surface area contributed by atoms with Gasteiger partial charge in [0.2, 0.25) is 0 Å². The third-order valence-electron chi connectivity index (χ3n) is 4.82. The van der Waals surface area contributed by atoms with Gasteiger partial charge >= 0.3 is 0 Å². The molecule has 1 aliphatic carbocycles. The number of ether oxygens (including phenoxy) is 2. The fourth-order valence-corrected chi connectivity index (χ4v) is 3.35. The Hall–Kier alpha value is -0.120. The van der Waals surface area contributed by atoms with E-state index in [2.05, 4.69) is 11.8 Å². The highest BCUT2D eigenvalue weighted by atomic mass is 16.5. The number of nitrogens with zero attached hydrogens (tertiary/aromatic N) is 1. The van der Waals surface area contributed by atoms with E-state index in [1.54, 1.807) is 0 Å². The van der Waals surface area contributed by atoms with Gasteiger partial charge < -0.3 is 14.4 Å². The monoisotopic (exact) mass is 255 g/mol. The molecule has 1 saturated carbocycles. The highest BCUT2D eigenvalue weighted by molar-refractivity contribution is 4.84. The van der Waals surface area contributed by atoms with E-state index < -0.39 is 0 Å². The Morgan fingerprint density at radius 2 is 1.78 bits per heavy atom. The van der Waals surface area contributed by atoms with Crippen molar-refractivity contribution in [2.45, 2.75) is 51.2 Å². The molecule has 3 nitrogen and oxygen atoms in total. The summed E-state index contributed by atoms with van der Waals surface area (Å²) in [5, 5.41) is 0. The number of piperidine rings is 1. The van der Waals surface area contributed by atoms with Gasteiger partial charge in [0.15, 0.2) is 0 Å². The van der Waals surface area contributed by atoms with Crippen LogP contribution in [0.15, 0.2) is 0 Å². The summed E-state index contributed by atoms with van der Waals surface area (Å²) >= 11 is 0. The number of rotatable bonds is 6. The topological polar surface area (TPSA) is 21.7 Å². The molecular formula is C15H29NO2. The van der Waals surface area contributed by atoms with Crippen LogP contribution in [0.3, 0.4) is 0 Å². The van der Waals surface area contributed by atoms with Gasteiger partial charge in [-0.15, -0.1) is 0 Å². The van der Waals surface area contributed by atoms with E-state index in [9.17, 15) is 0 Å². The van der Waals surface area contributed by atoms with E-state index in [1.807, 2.05) is 14.2 Å². The number of hydrogen-bond acceptors (Lipinski definition) is 3. The van der Waals surface area contributed by atoms with Gasteiger partial charge in [0.1, 0.15) is 0 Å². The molecule has 1 heterocycles. The lowest BCUT2D eigenvalue weighted by atomic mass is 9.81. The zero-order valence-corrected chi connectivity index (χ0v) is 12.2. The third kappa shape index (κ3) is 3.94. The molecule has 0 N–H and O–H groups in total. The Labute approximate surface area is 112 Å². The molecule has 0 aromatic carbocycles. The van der Waals surface area contributed by atoms with Crippen LogP contribution in [0.25, 0.3) is 0 Å². The Morgan fingerprint density at radius 1 is 1.11 bits per heavy atom. The van der Waals surface area contributed by atoms with Crippen LogP contribution in [0, 0.1) is 11.8 Å². The fourth-order valence-electron chi connectivity index (χ4n) is 3.35. The Balaban J connectivity index is 1.59. The predicted octanol–water partition coefficient (Wildman–Crippen LogP) is 2.55. The maximum atomic E-state index is 5.37. The van der Waals surface area contributed by atoms with Crippen molar-refractivity contribution in [2.24, 2.45) is 11.8 Å². The number of methoxy groups -OCH3 is 2. The molecular weight excluding hydrogens is 226 g/mol. The van der Waals surface area contributed by atoms with Gasteiger partial charge in [0.05, 0.1) is 12.2 Å². The molecule has 1 atom stereocenters. The van der Waals surface area contributed by atoms with Crippen molar-refractivity contribution in [2.75, 3.05) is 33.9 Å². The summed E-state index contributed by atoms with van der Waals surface area (Å²) in [5.41, 5.74) is 0. The molecule has 0 aromatic heterocycles. The first-order chi connectivity index (χ1) is 8.71. The molecule has 0 radical (unpaired) electrons. The summed E-state index contributed by atoms with van der Waals surface area (Å²) in [4.78, 5) is 2.66. The molecule has 2 rings (SSSR count). The molecule has 1 aliphatic heterocycles. The molecule has 1 saturated heterocycles. The van der Waals surface area contributed by atoms with Gasteiger partial charge in [-0.3, -0.25) is 0 Å². The number of hydrogen-bond donors (Lipinski definition) is 0. The lowest BCUT2D eigenvalue weighted by Gasteiger charge is -2.40. The van der Waals surface area contributed by atoms with Gasteiger partial charge in [-0.25, -0.2) is 0 Å². The molecule has 18 heavy (non-hydrogen) atoms. The second kappa shape index (κ2) is 6.88. The molecule has 0 amide bonds. The standard InChI is InChI=1S/C15H29NO2/c1-12(17-2)8-13-4-6-16(7-5-13)11-14-9-15(10-14)18-3/h12-15H,4-11H2,1-3H3. The van der Waals surface area contributed by atoms with Crippen molar-refractivity contribution < 1.29 is 9.47 Å². The van der Waals surface area contributed by atoms with E-state index in [0.717, 1.165) is 11.8 Å². The molecule has 0 spiro atoms. The average Bonchev–Trinajstić information content (AvgIpc) is 2.35. The van der Waals surface area contributed by atoms with E-state index in [1.165, 1.54) is 51.7 Å². The van der Waals surface area contributed by atoms with Crippen molar-refractivity contribution >= 4 is 0 Å². The minimum Gasteiger partial charge on any atom is -0.382 e. The van der Waals surface area contributed by atoms with E-state index in [-0.39, 0.29) is 0 Å². The van der Waals surface area contributed by atoms with Crippen LogP contribution in [0.2, 0.25) is 0 Å². The van der Waals surface area contributed by atoms with Crippen LogP contribution in [-0.4, -0.2) is 51.0 Å². The summed E-state index contributed by atoms with van der Waals surface area (Å²) in [6, 6.07) is 0. The largest absolute Gasteiger partial charge is 0.382 e. The molecule has 1 unspecified atom stereocenters. The van der Waals surface area contributed by atoms with E-state index in [4.69, 9.17) is 9.47 Å². The summed E-state index contributed by atoms with van der Waals surface area (Å²) in [5.74, 6) is 1.77. The van der Waals surface area contributed by atoms with Gasteiger partial charge in [-0.2, -0.15) is 0 Å². The Bertz CT molecular complexity index is 233. The van der Waals surface area contributed by atoms with Crippen LogP contribution in [0.1, 0.15) is 39.0 Å². The smallest absolute Gasteiger partial charge is 0.0577 e. The second-order valence-electron chi connectivity index (χ2n) is 6.22. The van der Waals surface area contributed by atoms with Gasteiger partial charge in [0.25, 0.3) is 0 Å². The second-order valence-corrected chi connectivity index (χ2v) is 6.22. The van der Waals surface area contributed by atoms with Gasteiger partial charge in [0, 0.05) is 20.8 Å². The molecule has 2 aliphatic rings. The van der Waals surface area contributed by atoms with Gasteiger partial charge in [-0.1, -0.05) is 0 Å². The highest BCUT2D eigenvalue weighted by Gasteiger charge is 2.31. The van der Waals surface area contributed by atoms with Crippen molar-refractivity contribution in [3.8, 4) is 0 Å². The zero-order chi connectivity index (χ0) is 13.0. The lowest BCUT2D eigenvalue weighted by Crippen LogP contribution is -2.43. The van der Waals surface area contributed by atoms with Crippen molar-refractivity contribution in [1.29, 1.82) is 0 Å². The Morgan fingerprint density at radius 3 is 2.33 bits per heavy atom. The average molecular weight is 255 g/mol. The lowest BCUT2D eigenvalue weighted by molar-refractivity contribution is -0.0154. The van der Waals surface area contributed by atoms with Crippen molar-refractivity contribution in [3.63, 3.8) is 0 Å². The van der Waals surface area contributed by atoms with Gasteiger partial charge in [-0.05, 0) is 64.0 Å². The Kier molecular flexibility index (Phi) is 5.46. The number of likely N-dealkylation sites (tertiary alicyclic amines) is 1. The van der Waals surface area contributed by atoms with Crippen LogP contribution in [0.4, 0.5) is 0 Å². The first kappa shape index (κ1) is 14.3. The van der Waals surface area contributed by atoms with Crippen LogP contribution in [0.5, 0.6) is 0 Å². The molecule has 0 aromatic rings. The first-order valence-electron chi connectivity index (χ1n) is 7.49. The minimum atomic E-state index is 0.427. The van der Waals surface area contributed by atoms with E-state index in [0.29, 0.717) is 12.2 Å². The molecule has 2 fully saturated rings. The van der Waals surface area contributed by atoms with Crippen molar-refractivity contribution in [3.05, 3.63) is 0 Å². The fraction of sp³-hybridized carbons (Fsp3) is 1.00. The molecule has 0 bridgehead atoms. The maximum absolute atomic E-state index is 5.37. The van der Waals surface area contributed by atoms with Crippen molar-refractivity contribution in [1.82, 2.24) is 4.90 Å². The summed E-state index contributed by atoms with van der Waals surface area (Å²) < 4.78 is 10.7. The zero-order valence-electron chi connectivity index (χ0n) is 12.2. The van der Waals surface area contributed by atoms with Crippen LogP contribution < -0.4 is 0 Å². The normalized spacial score (nSPS) is 32.2.